The van der Waals surface area contributed by atoms with Crippen LogP contribution in [0.4, 0.5) is 0 Å². The number of rotatable bonds is 9. The molecule has 2 N–H and O–H groups in total. The first kappa shape index (κ1) is 17.2. The lowest BCUT2D eigenvalue weighted by Crippen LogP contribution is -2.36. The van der Waals surface area contributed by atoms with Gasteiger partial charge in [-0.3, -0.25) is 9.59 Å². The zero-order valence-corrected chi connectivity index (χ0v) is 12.9. The van der Waals surface area contributed by atoms with Gasteiger partial charge in [-0.05, 0) is 38.9 Å². The van der Waals surface area contributed by atoms with Gasteiger partial charge in [0.25, 0.3) is 0 Å². The number of ether oxygens (including phenoxy) is 1. The van der Waals surface area contributed by atoms with Crippen LogP contribution in [0.15, 0.2) is 24.3 Å². The Morgan fingerprint density at radius 2 is 1.95 bits per heavy atom. The zero-order chi connectivity index (χ0) is 15.7. The lowest BCUT2D eigenvalue weighted by molar-refractivity contribution is -0.118. The Morgan fingerprint density at radius 1 is 1.24 bits per heavy atom. The molecule has 0 saturated heterocycles. The van der Waals surface area contributed by atoms with Gasteiger partial charge in [0.1, 0.15) is 5.75 Å². The van der Waals surface area contributed by atoms with Crippen LogP contribution in [0.3, 0.4) is 0 Å². The van der Waals surface area contributed by atoms with Crippen molar-refractivity contribution in [3.05, 3.63) is 29.8 Å². The number of hydrogen-bond acceptors (Lipinski definition) is 4. The lowest BCUT2D eigenvalue weighted by Gasteiger charge is -2.15. The van der Waals surface area contributed by atoms with Crippen LogP contribution in [0.2, 0.25) is 0 Å². The number of para-hydroxylation sites is 1. The fourth-order valence-electron chi connectivity index (χ4n) is 1.95. The van der Waals surface area contributed by atoms with E-state index in [4.69, 9.17) is 4.74 Å². The van der Waals surface area contributed by atoms with Gasteiger partial charge >= 0.3 is 0 Å². The number of amides is 1. The largest absolute Gasteiger partial charge is 0.493 e. The molecular formula is C16H24N2O3. The number of carbonyl (C=O) groups is 2. The molecule has 0 bridgehead atoms. The highest BCUT2D eigenvalue weighted by molar-refractivity contribution is 6.02. The van der Waals surface area contributed by atoms with Crippen molar-refractivity contribution in [1.82, 2.24) is 10.6 Å². The maximum atomic E-state index is 12.4. The van der Waals surface area contributed by atoms with Gasteiger partial charge < -0.3 is 15.4 Å². The summed E-state index contributed by atoms with van der Waals surface area (Å²) in [6, 6.07) is 6.99. The van der Waals surface area contributed by atoms with Crippen molar-refractivity contribution in [2.75, 3.05) is 19.7 Å². The molecule has 0 saturated carbocycles. The van der Waals surface area contributed by atoms with Crippen molar-refractivity contribution >= 4 is 11.7 Å². The van der Waals surface area contributed by atoms with E-state index in [1.54, 1.807) is 12.1 Å². The monoisotopic (exact) mass is 292 g/mol. The van der Waals surface area contributed by atoms with E-state index >= 15 is 0 Å². The number of carbonyl (C=O) groups excluding carboxylic acids is 2. The molecule has 0 spiro atoms. The van der Waals surface area contributed by atoms with E-state index in [0.29, 0.717) is 31.0 Å². The Labute approximate surface area is 126 Å². The van der Waals surface area contributed by atoms with Crippen LogP contribution >= 0.6 is 0 Å². The summed E-state index contributed by atoms with van der Waals surface area (Å²) in [4.78, 5) is 23.1. The number of Topliss-reactive ketones (excluding diaryl/α,β-unsaturated/α-hetero) is 1. The summed E-state index contributed by atoms with van der Waals surface area (Å²) in [7, 11) is 0. The van der Waals surface area contributed by atoms with Crippen LogP contribution in [0, 0.1) is 0 Å². The molecule has 1 unspecified atom stereocenters. The van der Waals surface area contributed by atoms with Crippen molar-refractivity contribution in [2.24, 2.45) is 0 Å². The van der Waals surface area contributed by atoms with E-state index in [1.807, 2.05) is 26.0 Å². The molecule has 0 aliphatic carbocycles. The third-order valence-electron chi connectivity index (χ3n) is 3.02. The van der Waals surface area contributed by atoms with E-state index in [9.17, 15) is 9.59 Å². The summed E-state index contributed by atoms with van der Waals surface area (Å²) in [5, 5.41) is 5.89. The number of benzene rings is 1. The first-order chi connectivity index (χ1) is 10.1. The number of nitrogens with one attached hydrogen (secondary N) is 2. The molecule has 1 aromatic rings. The molecule has 1 amide bonds. The summed E-state index contributed by atoms with van der Waals surface area (Å²) in [6.45, 7) is 7.03. The first-order valence-corrected chi connectivity index (χ1v) is 7.30. The van der Waals surface area contributed by atoms with Gasteiger partial charge in [0, 0.05) is 13.5 Å². The molecule has 116 valence electrons. The molecule has 1 atom stereocenters. The second-order valence-corrected chi connectivity index (χ2v) is 4.81. The van der Waals surface area contributed by atoms with Gasteiger partial charge in [-0.2, -0.15) is 0 Å². The normalized spacial score (nSPS) is 11.8. The van der Waals surface area contributed by atoms with Crippen molar-refractivity contribution in [2.45, 2.75) is 33.2 Å². The maximum absolute atomic E-state index is 12.4. The van der Waals surface area contributed by atoms with Crippen LogP contribution < -0.4 is 15.4 Å². The van der Waals surface area contributed by atoms with E-state index in [1.165, 1.54) is 6.92 Å². The van der Waals surface area contributed by atoms with Gasteiger partial charge in [-0.25, -0.2) is 0 Å². The molecule has 0 fully saturated rings. The minimum absolute atomic E-state index is 0.0126. The number of hydrogen-bond donors (Lipinski definition) is 2. The summed E-state index contributed by atoms with van der Waals surface area (Å²) in [5.41, 5.74) is 0.598. The molecular weight excluding hydrogens is 268 g/mol. The molecule has 0 aliphatic rings. The van der Waals surface area contributed by atoms with E-state index in [2.05, 4.69) is 10.6 Å². The van der Waals surface area contributed by atoms with Crippen LogP contribution in [-0.4, -0.2) is 37.4 Å². The number of ketones is 1. The van der Waals surface area contributed by atoms with E-state index in [0.717, 1.165) is 6.42 Å². The molecule has 0 aliphatic heterocycles. The van der Waals surface area contributed by atoms with E-state index in [-0.39, 0.29) is 17.7 Å². The molecule has 0 aromatic heterocycles. The Hall–Kier alpha value is -1.88. The Morgan fingerprint density at radius 3 is 2.62 bits per heavy atom. The predicted octanol–water partition coefficient (Wildman–Crippen LogP) is 1.77. The highest BCUT2D eigenvalue weighted by Gasteiger charge is 2.18. The SMILES string of the molecule is CCOc1ccccc1C(=O)C(C)NCCCNC(C)=O. The van der Waals surface area contributed by atoms with Crippen LogP contribution in [0.25, 0.3) is 0 Å². The molecule has 5 nitrogen and oxygen atoms in total. The van der Waals surface area contributed by atoms with Crippen molar-refractivity contribution < 1.29 is 14.3 Å². The standard InChI is InChI=1S/C16H24N2O3/c1-4-21-15-9-6-5-8-14(15)16(20)12(2)17-10-7-11-18-13(3)19/h5-6,8-9,12,17H,4,7,10-11H2,1-3H3,(H,18,19). The third kappa shape index (κ3) is 5.95. The topological polar surface area (TPSA) is 67.4 Å². The summed E-state index contributed by atoms with van der Waals surface area (Å²) < 4.78 is 5.48. The second kappa shape index (κ2) is 9.13. The van der Waals surface area contributed by atoms with E-state index < -0.39 is 0 Å². The molecule has 5 heteroatoms. The van der Waals surface area contributed by atoms with Crippen LogP contribution in [-0.2, 0) is 4.79 Å². The molecule has 21 heavy (non-hydrogen) atoms. The molecule has 1 aromatic carbocycles. The minimum Gasteiger partial charge on any atom is -0.493 e. The molecule has 0 radical (unpaired) electrons. The van der Waals surface area contributed by atoms with Gasteiger partial charge in [0.05, 0.1) is 18.2 Å². The molecule has 0 heterocycles. The minimum atomic E-state index is -0.288. The lowest BCUT2D eigenvalue weighted by atomic mass is 10.0. The van der Waals surface area contributed by atoms with Gasteiger partial charge in [-0.15, -0.1) is 0 Å². The molecule has 1 rings (SSSR count). The Bertz CT molecular complexity index is 474. The smallest absolute Gasteiger partial charge is 0.216 e. The summed E-state index contributed by atoms with van der Waals surface area (Å²) in [5.74, 6) is 0.597. The summed E-state index contributed by atoms with van der Waals surface area (Å²) >= 11 is 0. The van der Waals surface area contributed by atoms with Crippen molar-refractivity contribution in [1.29, 1.82) is 0 Å². The average molecular weight is 292 g/mol. The fourth-order valence-corrected chi connectivity index (χ4v) is 1.95. The van der Waals surface area contributed by atoms with Crippen LogP contribution in [0.5, 0.6) is 5.75 Å². The van der Waals surface area contributed by atoms with Gasteiger partial charge in [-0.1, -0.05) is 12.1 Å². The fraction of sp³-hybridized carbons (Fsp3) is 0.500. The first-order valence-electron chi connectivity index (χ1n) is 7.30. The average Bonchev–Trinajstić information content (AvgIpc) is 2.46. The van der Waals surface area contributed by atoms with Crippen molar-refractivity contribution in [3.63, 3.8) is 0 Å². The van der Waals surface area contributed by atoms with Gasteiger partial charge in [0.15, 0.2) is 5.78 Å². The highest BCUT2D eigenvalue weighted by atomic mass is 16.5. The maximum Gasteiger partial charge on any atom is 0.216 e. The third-order valence-corrected chi connectivity index (χ3v) is 3.02. The quantitative estimate of drug-likeness (QED) is 0.538. The van der Waals surface area contributed by atoms with Gasteiger partial charge in [0.2, 0.25) is 5.91 Å². The Balaban J connectivity index is 2.48. The Kier molecular flexibility index (Phi) is 7.46. The summed E-state index contributed by atoms with van der Waals surface area (Å²) in [6.07, 6.45) is 0.782. The zero-order valence-electron chi connectivity index (χ0n) is 12.9. The second-order valence-electron chi connectivity index (χ2n) is 4.81. The van der Waals surface area contributed by atoms with Crippen molar-refractivity contribution in [3.8, 4) is 5.75 Å². The van der Waals surface area contributed by atoms with Crippen LogP contribution in [0.1, 0.15) is 37.6 Å². The predicted molar refractivity (Wildman–Crippen MR) is 82.7 cm³/mol. The highest BCUT2D eigenvalue weighted by Crippen LogP contribution is 2.19.